The highest BCUT2D eigenvalue weighted by Crippen LogP contribution is 2.33. The Labute approximate surface area is 213 Å². The molecule has 0 bridgehead atoms. The standard InChI is InChI=1S/C29H22ClN3O3/c1-17-7-5-12-24(18(17)2)33-28(35)25(30)26(29(33)36)31-21-15-13-20(14-16-21)27(34)32-23-11-6-9-19-8-3-4-10-22(19)23/h3-16,31H,1-2H3,(H,32,34). The Morgan fingerprint density at radius 1 is 0.806 bits per heavy atom. The molecule has 5 rings (SSSR count). The molecule has 0 spiro atoms. The highest BCUT2D eigenvalue weighted by molar-refractivity contribution is 6.53. The van der Waals surface area contributed by atoms with Crippen LogP contribution in [0, 0.1) is 13.8 Å². The van der Waals surface area contributed by atoms with Crippen molar-refractivity contribution in [3.8, 4) is 0 Å². The molecule has 36 heavy (non-hydrogen) atoms. The minimum absolute atomic E-state index is 0.00414. The van der Waals surface area contributed by atoms with E-state index in [9.17, 15) is 14.4 Å². The highest BCUT2D eigenvalue weighted by atomic mass is 35.5. The maximum atomic E-state index is 13.1. The summed E-state index contributed by atoms with van der Waals surface area (Å²) in [4.78, 5) is 39.9. The van der Waals surface area contributed by atoms with Crippen molar-refractivity contribution in [2.24, 2.45) is 0 Å². The zero-order chi connectivity index (χ0) is 25.4. The van der Waals surface area contributed by atoms with E-state index in [1.165, 1.54) is 0 Å². The van der Waals surface area contributed by atoms with E-state index in [0.29, 0.717) is 16.9 Å². The average molecular weight is 496 g/mol. The van der Waals surface area contributed by atoms with Crippen molar-refractivity contribution in [1.82, 2.24) is 0 Å². The fraction of sp³-hybridized carbons (Fsp3) is 0.0690. The van der Waals surface area contributed by atoms with E-state index < -0.39 is 11.8 Å². The van der Waals surface area contributed by atoms with Crippen LogP contribution in [0.5, 0.6) is 0 Å². The lowest BCUT2D eigenvalue weighted by Gasteiger charge is -2.18. The number of amides is 3. The number of carbonyl (C=O) groups is 3. The van der Waals surface area contributed by atoms with Crippen molar-refractivity contribution in [3.05, 3.63) is 112 Å². The fourth-order valence-corrected chi connectivity index (χ4v) is 4.40. The third-order valence-corrected chi connectivity index (χ3v) is 6.65. The summed E-state index contributed by atoms with van der Waals surface area (Å²) in [6.45, 7) is 3.77. The van der Waals surface area contributed by atoms with Crippen molar-refractivity contribution >= 4 is 57.2 Å². The SMILES string of the molecule is Cc1cccc(N2C(=O)C(Cl)=C(Nc3ccc(C(=O)Nc4cccc5ccccc45)cc3)C2=O)c1C. The van der Waals surface area contributed by atoms with Crippen LogP contribution in [0.15, 0.2) is 95.7 Å². The summed E-state index contributed by atoms with van der Waals surface area (Å²) in [6.07, 6.45) is 0. The van der Waals surface area contributed by atoms with Crippen molar-refractivity contribution < 1.29 is 14.4 Å². The number of carbonyl (C=O) groups excluding carboxylic acids is 3. The van der Waals surface area contributed by atoms with E-state index >= 15 is 0 Å². The van der Waals surface area contributed by atoms with E-state index in [1.54, 1.807) is 36.4 Å². The number of hydrogen-bond donors (Lipinski definition) is 2. The second-order valence-electron chi connectivity index (χ2n) is 8.54. The van der Waals surface area contributed by atoms with Gasteiger partial charge in [0.25, 0.3) is 17.7 Å². The molecule has 0 unspecified atom stereocenters. The Balaban J connectivity index is 1.33. The Bertz CT molecular complexity index is 1570. The minimum atomic E-state index is -0.580. The second-order valence-corrected chi connectivity index (χ2v) is 8.91. The number of rotatable bonds is 5. The molecular formula is C29H22ClN3O3. The smallest absolute Gasteiger partial charge is 0.283 e. The van der Waals surface area contributed by atoms with E-state index in [2.05, 4.69) is 10.6 Å². The lowest BCUT2D eigenvalue weighted by Crippen LogP contribution is -2.33. The van der Waals surface area contributed by atoms with Gasteiger partial charge >= 0.3 is 0 Å². The van der Waals surface area contributed by atoms with Gasteiger partial charge in [-0.25, -0.2) is 4.90 Å². The lowest BCUT2D eigenvalue weighted by molar-refractivity contribution is -0.120. The van der Waals surface area contributed by atoms with E-state index in [4.69, 9.17) is 11.6 Å². The molecular weight excluding hydrogens is 474 g/mol. The largest absolute Gasteiger partial charge is 0.350 e. The van der Waals surface area contributed by atoms with Crippen LogP contribution in [0.25, 0.3) is 10.8 Å². The molecule has 1 aliphatic rings. The molecule has 0 fully saturated rings. The second kappa shape index (κ2) is 9.32. The first kappa shape index (κ1) is 23.3. The molecule has 0 radical (unpaired) electrons. The molecule has 0 saturated heterocycles. The van der Waals surface area contributed by atoms with Gasteiger partial charge in [0, 0.05) is 22.3 Å². The van der Waals surface area contributed by atoms with E-state index in [-0.39, 0.29) is 16.6 Å². The molecule has 1 aliphatic heterocycles. The van der Waals surface area contributed by atoms with Crippen LogP contribution < -0.4 is 15.5 Å². The number of aryl methyl sites for hydroxylation is 1. The topological polar surface area (TPSA) is 78.5 Å². The van der Waals surface area contributed by atoms with Gasteiger partial charge in [-0.2, -0.15) is 0 Å². The Morgan fingerprint density at radius 3 is 2.28 bits per heavy atom. The monoisotopic (exact) mass is 495 g/mol. The van der Waals surface area contributed by atoms with Gasteiger partial charge < -0.3 is 10.6 Å². The van der Waals surface area contributed by atoms with Gasteiger partial charge in [-0.15, -0.1) is 0 Å². The molecule has 4 aromatic rings. The Hall–Kier alpha value is -4.42. The predicted molar refractivity (Wildman–Crippen MR) is 143 cm³/mol. The normalized spacial score (nSPS) is 13.5. The van der Waals surface area contributed by atoms with Gasteiger partial charge in [-0.3, -0.25) is 14.4 Å². The molecule has 2 N–H and O–H groups in total. The summed E-state index contributed by atoms with van der Waals surface area (Å²) in [7, 11) is 0. The molecule has 0 aromatic heterocycles. The third-order valence-electron chi connectivity index (χ3n) is 6.30. The first-order chi connectivity index (χ1) is 17.3. The van der Waals surface area contributed by atoms with Gasteiger partial charge in [0.2, 0.25) is 0 Å². The van der Waals surface area contributed by atoms with Crippen LogP contribution in [0.4, 0.5) is 17.1 Å². The van der Waals surface area contributed by atoms with Crippen molar-refractivity contribution in [2.45, 2.75) is 13.8 Å². The number of halogens is 1. The van der Waals surface area contributed by atoms with Crippen LogP contribution in [0.3, 0.4) is 0 Å². The summed E-state index contributed by atoms with van der Waals surface area (Å²) < 4.78 is 0. The number of hydrogen-bond acceptors (Lipinski definition) is 4. The van der Waals surface area contributed by atoms with Crippen LogP contribution >= 0.6 is 11.6 Å². The van der Waals surface area contributed by atoms with Gasteiger partial charge in [0.1, 0.15) is 10.7 Å². The molecule has 178 valence electrons. The van der Waals surface area contributed by atoms with E-state index in [1.807, 2.05) is 62.4 Å². The van der Waals surface area contributed by atoms with Crippen molar-refractivity contribution in [2.75, 3.05) is 15.5 Å². The maximum Gasteiger partial charge on any atom is 0.283 e. The molecule has 0 saturated carbocycles. The molecule has 7 heteroatoms. The highest BCUT2D eigenvalue weighted by Gasteiger charge is 2.39. The van der Waals surface area contributed by atoms with Crippen LogP contribution in [0.1, 0.15) is 21.5 Å². The maximum absolute atomic E-state index is 13.1. The summed E-state index contributed by atoms with van der Waals surface area (Å²) in [5.74, 6) is -1.37. The number of nitrogens with one attached hydrogen (secondary N) is 2. The molecule has 0 aliphatic carbocycles. The molecule has 6 nitrogen and oxygen atoms in total. The van der Waals surface area contributed by atoms with Gasteiger partial charge in [0.15, 0.2) is 0 Å². The predicted octanol–water partition coefficient (Wildman–Crippen LogP) is 6.14. The van der Waals surface area contributed by atoms with Crippen molar-refractivity contribution in [1.29, 1.82) is 0 Å². The minimum Gasteiger partial charge on any atom is -0.350 e. The number of nitrogens with zero attached hydrogens (tertiary/aromatic N) is 1. The number of anilines is 3. The number of imide groups is 1. The van der Waals surface area contributed by atoms with Gasteiger partial charge in [-0.05, 0) is 66.8 Å². The number of benzene rings is 4. The average Bonchev–Trinajstić information content (AvgIpc) is 3.09. The first-order valence-electron chi connectivity index (χ1n) is 11.4. The Kier molecular flexibility index (Phi) is 6.04. The van der Waals surface area contributed by atoms with Crippen LogP contribution in [0.2, 0.25) is 0 Å². The van der Waals surface area contributed by atoms with Gasteiger partial charge in [-0.1, -0.05) is 60.1 Å². The lowest BCUT2D eigenvalue weighted by atomic mass is 10.1. The summed E-state index contributed by atoms with van der Waals surface area (Å²) >= 11 is 6.27. The molecule has 4 aromatic carbocycles. The van der Waals surface area contributed by atoms with Gasteiger partial charge in [0.05, 0.1) is 5.69 Å². The fourth-order valence-electron chi connectivity index (χ4n) is 4.19. The van der Waals surface area contributed by atoms with Crippen molar-refractivity contribution in [3.63, 3.8) is 0 Å². The van der Waals surface area contributed by atoms with Crippen LogP contribution in [-0.2, 0) is 9.59 Å². The zero-order valence-corrected chi connectivity index (χ0v) is 20.4. The molecule has 3 amide bonds. The molecule has 0 atom stereocenters. The summed E-state index contributed by atoms with van der Waals surface area (Å²) in [5.41, 5.74) is 3.97. The summed E-state index contributed by atoms with van der Waals surface area (Å²) in [6, 6.07) is 25.6. The summed E-state index contributed by atoms with van der Waals surface area (Å²) in [5, 5.41) is 7.70. The van der Waals surface area contributed by atoms with Crippen LogP contribution in [-0.4, -0.2) is 17.7 Å². The zero-order valence-electron chi connectivity index (χ0n) is 19.6. The Morgan fingerprint density at radius 2 is 1.50 bits per heavy atom. The quantitative estimate of drug-likeness (QED) is 0.326. The van der Waals surface area contributed by atoms with E-state index in [0.717, 1.165) is 32.5 Å². The first-order valence-corrected chi connectivity index (χ1v) is 11.7. The third kappa shape index (κ3) is 4.12. The number of fused-ring (bicyclic) bond motifs is 1. The molecule has 1 heterocycles.